The fourth-order valence-corrected chi connectivity index (χ4v) is 5.37. The second-order valence-electron chi connectivity index (χ2n) is 10.3. The molecule has 266 valence electrons. The lowest BCUT2D eigenvalue weighted by Crippen LogP contribution is -2.37. The number of amides is 2. The van der Waals surface area contributed by atoms with Gasteiger partial charge in [0.1, 0.15) is 17.2 Å². The van der Waals surface area contributed by atoms with E-state index in [2.05, 4.69) is 5.32 Å². The van der Waals surface area contributed by atoms with Gasteiger partial charge in [-0.1, -0.05) is 6.07 Å². The third-order valence-electron chi connectivity index (χ3n) is 6.84. The highest BCUT2D eigenvalue weighted by Crippen LogP contribution is 2.35. The molecule has 0 atom stereocenters. The number of ether oxygens (including phenoxy) is 5. The summed E-state index contributed by atoms with van der Waals surface area (Å²) in [5.41, 5.74) is 0.720. The fraction of sp³-hybridized carbons (Fsp3) is 0.344. The number of likely N-dealkylation sites (N-methyl/N-ethyl adjacent to an activating group) is 1. The summed E-state index contributed by atoms with van der Waals surface area (Å²) in [6, 6.07) is 9.88. The molecule has 3 aromatic rings. The molecular weight excluding hydrogens is 666 g/mol. The maximum atomic E-state index is 13.0. The number of methoxy groups -OCH3 is 4. The second kappa shape index (κ2) is 17.5. The van der Waals surface area contributed by atoms with Crippen molar-refractivity contribution in [2.75, 3.05) is 48.6 Å². The van der Waals surface area contributed by atoms with E-state index in [1.54, 1.807) is 12.1 Å². The van der Waals surface area contributed by atoms with Crippen LogP contribution in [0, 0.1) is 0 Å². The van der Waals surface area contributed by atoms with Gasteiger partial charge in [0.05, 0.1) is 39.8 Å². The van der Waals surface area contributed by atoms with Gasteiger partial charge < -0.3 is 49.0 Å². The maximum absolute atomic E-state index is 13.0. The van der Waals surface area contributed by atoms with Gasteiger partial charge in [-0.2, -0.15) is 0 Å². The van der Waals surface area contributed by atoms with E-state index in [1.165, 1.54) is 64.7 Å². The molecule has 0 bridgehead atoms. The first-order chi connectivity index (χ1) is 23.3. The number of nitrogens with zero attached hydrogens (tertiary/aromatic N) is 2. The zero-order valence-corrected chi connectivity index (χ0v) is 28.4. The summed E-state index contributed by atoms with van der Waals surface area (Å²) < 4.78 is 53.4. The van der Waals surface area contributed by atoms with Crippen LogP contribution in [-0.4, -0.2) is 94.8 Å². The number of sulfone groups is 1. The molecule has 1 aromatic heterocycles. The predicted molar refractivity (Wildman–Crippen MR) is 176 cm³/mol. The number of rotatable bonds is 17. The monoisotopic (exact) mass is 705 g/mol. The molecule has 1 heterocycles. The van der Waals surface area contributed by atoms with Crippen LogP contribution in [0.4, 0.5) is 4.79 Å². The van der Waals surface area contributed by atoms with E-state index < -0.39 is 39.4 Å². The molecule has 0 aliphatic carbocycles. The standard InChI is InChI=1S/C32H39N3O13S/c1-34(15-14-33-28(36)7-6-8-31(39)48-35-29(37)11-12-30(35)38)32(40)47-27-17-21(9-10-24(27)44-3)20-49(41,42)16-13-23-25(45-4)18-22(43-2)19-26(23)46-5/h9-13,16-19,37-38H,6-8,14-15,20H2,1-5H3,(H,33,36). The third kappa shape index (κ3) is 11.0. The molecule has 16 nitrogen and oxygen atoms in total. The Morgan fingerprint density at radius 2 is 1.49 bits per heavy atom. The first-order valence-corrected chi connectivity index (χ1v) is 16.4. The summed E-state index contributed by atoms with van der Waals surface area (Å²) in [5.74, 6) is -1.12. The maximum Gasteiger partial charge on any atom is 0.415 e. The lowest BCUT2D eigenvalue weighted by atomic mass is 10.1. The number of carbonyl (C=O) groups excluding carboxylic acids is 3. The first-order valence-electron chi connectivity index (χ1n) is 14.7. The van der Waals surface area contributed by atoms with Crippen molar-refractivity contribution in [2.24, 2.45) is 0 Å². The number of carbonyl (C=O) groups is 3. The van der Waals surface area contributed by atoms with Gasteiger partial charge in [0.2, 0.25) is 17.7 Å². The number of hydrogen-bond donors (Lipinski definition) is 3. The van der Waals surface area contributed by atoms with Crippen molar-refractivity contribution in [3.8, 4) is 40.5 Å². The number of benzene rings is 2. The van der Waals surface area contributed by atoms with Gasteiger partial charge in [-0.15, -0.1) is 4.73 Å². The van der Waals surface area contributed by atoms with E-state index in [0.29, 0.717) is 33.1 Å². The van der Waals surface area contributed by atoms with Crippen molar-refractivity contribution in [3.05, 3.63) is 59.0 Å². The Morgan fingerprint density at radius 3 is 2.08 bits per heavy atom. The Hall–Kier alpha value is -5.58. The van der Waals surface area contributed by atoms with Crippen LogP contribution in [0.3, 0.4) is 0 Å². The molecule has 0 saturated heterocycles. The van der Waals surface area contributed by atoms with Crippen molar-refractivity contribution < 1.29 is 61.5 Å². The highest BCUT2D eigenvalue weighted by Gasteiger charge is 2.19. The minimum Gasteiger partial charge on any atom is -0.496 e. The van der Waals surface area contributed by atoms with Crippen LogP contribution in [0.2, 0.25) is 0 Å². The SMILES string of the molecule is COc1cc(OC)c(C=CS(=O)(=O)Cc2ccc(OC)c(OC(=O)N(C)CCNC(=O)CCCC(=O)On3c(O)ccc3O)c2)c(OC)c1. The summed E-state index contributed by atoms with van der Waals surface area (Å²) in [6.45, 7) is 0.143. The van der Waals surface area contributed by atoms with E-state index in [0.717, 1.165) is 17.5 Å². The largest absolute Gasteiger partial charge is 0.496 e. The van der Waals surface area contributed by atoms with Gasteiger partial charge in [0, 0.05) is 62.7 Å². The van der Waals surface area contributed by atoms with Gasteiger partial charge in [-0.25, -0.2) is 18.0 Å². The van der Waals surface area contributed by atoms with Crippen LogP contribution < -0.4 is 33.8 Å². The molecule has 0 spiro atoms. The fourth-order valence-electron chi connectivity index (χ4n) is 4.29. The number of aromatic nitrogens is 1. The van der Waals surface area contributed by atoms with Gasteiger partial charge in [-0.05, 0) is 30.2 Å². The molecule has 2 amide bonds. The van der Waals surface area contributed by atoms with Gasteiger partial charge in [0.25, 0.3) is 0 Å². The highest BCUT2D eigenvalue weighted by atomic mass is 32.2. The molecule has 0 fully saturated rings. The Bertz CT molecular complexity index is 1720. The molecule has 0 saturated carbocycles. The molecule has 17 heteroatoms. The Labute approximate surface area is 283 Å². The quantitative estimate of drug-likeness (QED) is 0.185. The lowest BCUT2D eigenvalue weighted by Gasteiger charge is -2.18. The van der Waals surface area contributed by atoms with Crippen LogP contribution in [0.5, 0.6) is 40.5 Å². The Kier molecular flexibility index (Phi) is 13.6. The average molecular weight is 706 g/mol. The minimum absolute atomic E-state index is 0.00741. The number of aromatic hydroxyl groups is 2. The molecule has 3 rings (SSSR count). The zero-order valence-electron chi connectivity index (χ0n) is 27.6. The molecule has 2 aromatic carbocycles. The van der Waals surface area contributed by atoms with E-state index in [4.69, 9.17) is 28.5 Å². The summed E-state index contributed by atoms with van der Waals surface area (Å²) in [4.78, 5) is 42.9. The van der Waals surface area contributed by atoms with Crippen LogP contribution >= 0.6 is 0 Å². The van der Waals surface area contributed by atoms with Crippen LogP contribution in [-0.2, 0) is 25.2 Å². The predicted octanol–water partition coefficient (Wildman–Crippen LogP) is 2.89. The third-order valence-corrected chi connectivity index (χ3v) is 8.13. The molecule has 0 aliphatic heterocycles. The lowest BCUT2D eigenvalue weighted by molar-refractivity contribution is -0.145. The summed E-state index contributed by atoms with van der Waals surface area (Å²) in [7, 11) is 3.35. The zero-order chi connectivity index (χ0) is 36.1. The topological polar surface area (TPSA) is 201 Å². The smallest absolute Gasteiger partial charge is 0.415 e. The number of hydrogen-bond acceptors (Lipinski definition) is 13. The minimum atomic E-state index is -3.83. The highest BCUT2D eigenvalue weighted by molar-refractivity contribution is 7.93. The first kappa shape index (κ1) is 37.9. The van der Waals surface area contributed by atoms with E-state index >= 15 is 0 Å². The van der Waals surface area contributed by atoms with Crippen molar-refractivity contribution in [3.63, 3.8) is 0 Å². The van der Waals surface area contributed by atoms with E-state index in [9.17, 15) is 33.0 Å². The van der Waals surface area contributed by atoms with Crippen LogP contribution in [0.15, 0.2) is 47.9 Å². The molecule has 3 N–H and O–H groups in total. The average Bonchev–Trinajstić information content (AvgIpc) is 3.38. The number of nitrogens with one attached hydrogen (secondary N) is 1. The van der Waals surface area contributed by atoms with Crippen molar-refractivity contribution in [2.45, 2.75) is 25.0 Å². The normalized spacial score (nSPS) is 11.1. The summed E-state index contributed by atoms with van der Waals surface area (Å²) in [5, 5.41) is 22.7. The second-order valence-corrected chi connectivity index (χ2v) is 12.2. The molecule has 0 radical (unpaired) electrons. The van der Waals surface area contributed by atoms with E-state index in [-0.39, 0.29) is 49.8 Å². The Balaban J connectivity index is 1.53. The van der Waals surface area contributed by atoms with Crippen LogP contribution in [0.25, 0.3) is 6.08 Å². The molecule has 0 unspecified atom stereocenters. The van der Waals surface area contributed by atoms with Crippen LogP contribution in [0.1, 0.15) is 30.4 Å². The van der Waals surface area contributed by atoms with Gasteiger partial charge in [-0.3, -0.25) is 4.79 Å². The molecular formula is C32H39N3O13S. The molecule has 0 aliphatic rings. The van der Waals surface area contributed by atoms with Crippen molar-refractivity contribution in [1.82, 2.24) is 14.9 Å². The van der Waals surface area contributed by atoms with Gasteiger partial charge >= 0.3 is 12.1 Å². The summed E-state index contributed by atoms with van der Waals surface area (Å²) >= 11 is 0. The van der Waals surface area contributed by atoms with Crippen molar-refractivity contribution in [1.29, 1.82) is 0 Å². The van der Waals surface area contributed by atoms with Crippen molar-refractivity contribution >= 4 is 33.9 Å². The Morgan fingerprint density at radius 1 is 0.857 bits per heavy atom. The van der Waals surface area contributed by atoms with E-state index in [1.807, 2.05) is 0 Å². The molecule has 49 heavy (non-hydrogen) atoms. The summed E-state index contributed by atoms with van der Waals surface area (Å²) in [6.07, 6.45) is 0.544. The van der Waals surface area contributed by atoms with Gasteiger partial charge in [0.15, 0.2) is 21.3 Å².